The third-order valence-electron chi connectivity index (χ3n) is 3.17. The molecule has 0 aliphatic rings. The molecule has 0 atom stereocenters. The minimum absolute atomic E-state index is 0.0276. The number of hydrogen-bond acceptors (Lipinski definition) is 6. The lowest BCUT2D eigenvalue weighted by atomic mass is 10.2. The molecule has 3 aromatic rings. The van der Waals surface area contributed by atoms with Gasteiger partial charge in [0, 0.05) is 16.5 Å². The molecular weight excluding hydrogens is 384 g/mol. The van der Waals surface area contributed by atoms with Gasteiger partial charge in [-0.15, -0.1) is 22.7 Å². The van der Waals surface area contributed by atoms with Gasteiger partial charge in [0.1, 0.15) is 5.03 Å². The summed E-state index contributed by atoms with van der Waals surface area (Å²) in [4.78, 5) is 22.6. The molecule has 0 aliphatic heterocycles. The third-order valence-corrected chi connectivity index (χ3v) is 5.78. The average Bonchev–Trinajstić information content (AvgIpc) is 3.21. The molecule has 4 nitrogen and oxygen atoms in total. The number of rotatable bonds is 6. The number of thiazole rings is 1. The first-order valence-corrected chi connectivity index (χ1v) is 9.80. The van der Waals surface area contributed by atoms with E-state index in [0.717, 1.165) is 20.5 Å². The van der Waals surface area contributed by atoms with E-state index in [1.807, 2.05) is 24.4 Å². The standard InChI is InChI=1S/C16H13F2N3OS3/c1-9-21-12(8-23-9)13-5-4-10(24-13)7-20-14(22)11-3-2-6-19-15(11)25-16(17)18/h2-6,8,16H,7H2,1H3,(H,20,22). The number of amides is 1. The molecule has 9 heteroatoms. The highest BCUT2D eigenvalue weighted by Gasteiger charge is 2.16. The van der Waals surface area contributed by atoms with Gasteiger partial charge in [-0.3, -0.25) is 4.79 Å². The van der Waals surface area contributed by atoms with Crippen LogP contribution in [0.5, 0.6) is 0 Å². The SMILES string of the molecule is Cc1nc(-c2ccc(CNC(=O)c3cccnc3SC(F)F)s2)cs1. The number of alkyl halides is 2. The fraction of sp³-hybridized carbons (Fsp3) is 0.188. The molecule has 1 N–H and O–H groups in total. The number of thioether (sulfide) groups is 1. The second-order valence-electron chi connectivity index (χ2n) is 4.94. The van der Waals surface area contributed by atoms with Crippen molar-refractivity contribution in [3.05, 3.63) is 51.3 Å². The highest BCUT2D eigenvalue weighted by atomic mass is 32.2. The Morgan fingerprint density at radius 2 is 2.20 bits per heavy atom. The van der Waals surface area contributed by atoms with Gasteiger partial charge < -0.3 is 5.32 Å². The molecule has 0 unspecified atom stereocenters. The number of halogens is 2. The van der Waals surface area contributed by atoms with E-state index in [4.69, 9.17) is 0 Å². The van der Waals surface area contributed by atoms with Crippen molar-refractivity contribution < 1.29 is 13.6 Å². The van der Waals surface area contributed by atoms with Crippen LogP contribution in [0.1, 0.15) is 20.2 Å². The molecule has 3 aromatic heterocycles. The summed E-state index contributed by atoms with van der Waals surface area (Å²) in [6, 6.07) is 6.93. The van der Waals surface area contributed by atoms with Gasteiger partial charge in [0.05, 0.1) is 27.7 Å². The van der Waals surface area contributed by atoms with E-state index in [-0.39, 0.29) is 22.4 Å². The van der Waals surface area contributed by atoms with Crippen LogP contribution in [0.15, 0.2) is 40.9 Å². The van der Waals surface area contributed by atoms with Gasteiger partial charge in [0.2, 0.25) is 0 Å². The molecule has 0 spiro atoms. The molecule has 0 radical (unpaired) electrons. The molecule has 0 aliphatic carbocycles. The minimum atomic E-state index is -2.62. The Hall–Kier alpha value is -1.84. The van der Waals surface area contributed by atoms with Gasteiger partial charge in [-0.25, -0.2) is 9.97 Å². The summed E-state index contributed by atoms with van der Waals surface area (Å²) in [7, 11) is 0. The second-order valence-corrected chi connectivity index (χ2v) is 8.14. The van der Waals surface area contributed by atoms with Crippen molar-refractivity contribution in [3.63, 3.8) is 0 Å². The number of pyridine rings is 1. The van der Waals surface area contributed by atoms with Gasteiger partial charge in [-0.1, -0.05) is 0 Å². The predicted octanol–water partition coefficient (Wildman–Crippen LogP) is 4.82. The van der Waals surface area contributed by atoms with Crippen molar-refractivity contribution in [2.45, 2.75) is 24.3 Å². The van der Waals surface area contributed by atoms with Gasteiger partial charge in [0.25, 0.3) is 11.7 Å². The lowest BCUT2D eigenvalue weighted by Gasteiger charge is -2.07. The lowest BCUT2D eigenvalue weighted by molar-refractivity contribution is 0.0947. The number of hydrogen-bond donors (Lipinski definition) is 1. The van der Waals surface area contributed by atoms with Crippen LogP contribution in [0, 0.1) is 6.92 Å². The molecule has 130 valence electrons. The summed E-state index contributed by atoms with van der Waals surface area (Å²) in [6.45, 7) is 2.27. The third kappa shape index (κ3) is 4.62. The van der Waals surface area contributed by atoms with Gasteiger partial charge >= 0.3 is 0 Å². The highest BCUT2D eigenvalue weighted by molar-refractivity contribution is 7.99. The van der Waals surface area contributed by atoms with E-state index >= 15 is 0 Å². The number of nitrogens with one attached hydrogen (secondary N) is 1. The fourth-order valence-electron chi connectivity index (χ4n) is 2.09. The Morgan fingerprint density at radius 1 is 1.36 bits per heavy atom. The van der Waals surface area contributed by atoms with Gasteiger partial charge in [-0.05, 0) is 43.0 Å². The molecule has 3 heterocycles. The molecule has 0 saturated heterocycles. The molecule has 0 fully saturated rings. The number of nitrogens with zero attached hydrogens (tertiary/aromatic N) is 2. The maximum atomic E-state index is 12.6. The van der Waals surface area contributed by atoms with Crippen molar-refractivity contribution in [2.75, 3.05) is 0 Å². The van der Waals surface area contributed by atoms with Crippen molar-refractivity contribution in [1.82, 2.24) is 15.3 Å². The van der Waals surface area contributed by atoms with Gasteiger partial charge in [-0.2, -0.15) is 8.78 Å². The Bertz CT molecular complexity index is 879. The zero-order valence-electron chi connectivity index (χ0n) is 13.0. The van der Waals surface area contributed by atoms with Crippen molar-refractivity contribution >= 4 is 40.3 Å². The van der Waals surface area contributed by atoms with Gasteiger partial charge in [0.15, 0.2) is 0 Å². The largest absolute Gasteiger partial charge is 0.347 e. The number of aromatic nitrogens is 2. The van der Waals surface area contributed by atoms with Crippen LogP contribution < -0.4 is 5.32 Å². The van der Waals surface area contributed by atoms with E-state index in [0.29, 0.717) is 6.54 Å². The fourth-order valence-corrected chi connectivity index (χ4v) is 4.27. The zero-order chi connectivity index (χ0) is 17.8. The summed E-state index contributed by atoms with van der Waals surface area (Å²) in [6.07, 6.45) is 1.39. The first kappa shape index (κ1) is 18.0. The topological polar surface area (TPSA) is 54.9 Å². The first-order chi connectivity index (χ1) is 12.0. The summed E-state index contributed by atoms with van der Waals surface area (Å²) in [5.41, 5.74) is 1.08. The van der Waals surface area contributed by atoms with Crippen molar-refractivity contribution in [3.8, 4) is 10.6 Å². The van der Waals surface area contributed by atoms with Crippen LogP contribution in [0.2, 0.25) is 0 Å². The van der Waals surface area contributed by atoms with Crippen LogP contribution in [-0.2, 0) is 6.54 Å². The number of aryl methyl sites for hydroxylation is 1. The normalized spacial score (nSPS) is 11.0. The summed E-state index contributed by atoms with van der Waals surface area (Å²) in [5, 5.41) is 5.77. The molecule has 1 amide bonds. The van der Waals surface area contributed by atoms with E-state index in [9.17, 15) is 13.6 Å². The molecule has 0 bridgehead atoms. The summed E-state index contributed by atoms with van der Waals surface area (Å²) < 4.78 is 25.1. The first-order valence-electron chi connectivity index (χ1n) is 7.22. The molecular formula is C16H13F2N3OS3. The average molecular weight is 397 g/mol. The second kappa shape index (κ2) is 8.03. The smallest absolute Gasteiger partial charge is 0.290 e. The van der Waals surface area contributed by atoms with Crippen LogP contribution in [0.4, 0.5) is 8.78 Å². The quantitative estimate of drug-likeness (QED) is 0.606. The summed E-state index contributed by atoms with van der Waals surface area (Å²) >= 11 is 3.39. The highest BCUT2D eigenvalue weighted by Crippen LogP contribution is 2.29. The number of thiophene rings is 1. The van der Waals surface area contributed by atoms with E-state index in [1.54, 1.807) is 17.4 Å². The van der Waals surface area contributed by atoms with Crippen LogP contribution in [-0.4, -0.2) is 21.6 Å². The predicted molar refractivity (Wildman–Crippen MR) is 97.4 cm³/mol. The van der Waals surface area contributed by atoms with E-state index in [1.165, 1.54) is 23.6 Å². The Morgan fingerprint density at radius 3 is 2.92 bits per heavy atom. The zero-order valence-corrected chi connectivity index (χ0v) is 15.5. The summed E-state index contributed by atoms with van der Waals surface area (Å²) in [5.74, 6) is -3.04. The Kier molecular flexibility index (Phi) is 5.77. The Balaban J connectivity index is 1.66. The molecule has 0 saturated carbocycles. The van der Waals surface area contributed by atoms with Crippen molar-refractivity contribution in [1.29, 1.82) is 0 Å². The monoisotopic (exact) mass is 397 g/mol. The number of carbonyl (C=O) groups excluding carboxylic acids is 1. The Labute approximate surface area is 155 Å². The van der Waals surface area contributed by atoms with E-state index < -0.39 is 11.7 Å². The van der Waals surface area contributed by atoms with Crippen LogP contribution in [0.3, 0.4) is 0 Å². The minimum Gasteiger partial charge on any atom is -0.347 e. The lowest BCUT2D eigenvalue weighted by Crippen LogP contribution is -2.23. The van der Waals surface area contributed by atoms with Crippen LogP contribution in [0.25, 0.3) is 10.6 Å². The number of carbonyl (C=O) groups is 1. The van der Waals surface area contributed by atoms with Crippen molar-refractivity contribution in [2.24, 2.45) is 0 Å². The maximum absolute atomic E-state index is 12.6. The van der Waals surface area contributed by atoms with E-state index in [2.05, 4.69) is 15.3 Å². The van der Waals surface area contributed by atoms with Crippen LogP contribution >= 0.6 is 34.4 Å². The molecule has 0 aromatic carbocycles. The maximum Gasteiger partial charge on any atom is 0.290 e. The molecule has 25 heavy (non-hydrogen) atoms. The molecule has 3 rings (SSSR count).